The van der Waals surface area contributed by atoms with Crippen LogP contribution in [-0.4, -0.2) is 44.7 Å². The largest absolute Gasteiger partial charge is 0.481 e. The number of hydrogen-bond acceptors (Lipinski definition) is 4. The van der Waals surface area contributed by atoms with Gasteiger partial charge < -0.3 is 20.4 Å². The Hall–Kier alpha value is -0.650. The van der Waals surface area contributed by atoms with Crippen LogP contribution in [0.2, 0.25) is 0 Å². The number of aliphatic hydroxyl groups is 3. The lowest BCUT2D eigenvalue weighted by molar-refractivity contribution is -0.207. The van der Waals surface area contributed by atoms with Gasteiger partial charge in [-0.1, -0.05) is 20.8 Å². The van der Waals surface area contributed by atoms with Crippen molar-refractivity contribution < 1.29 is 25.2 Å². The van der Waals surface area contributed by atoms with E-state index < -0.39 is 12.1 Å². The van der Waals surface area contributed by atoms with Crippen molar-refractivity contribution >= 4 is 5.97 Å². The van der Waals surface area contributed by atoms with Crippen LogP contribution in [0.3, 0.4) is 0 Å². The molecule has 4 aliphatic rings. The molecule has 0 radical (unpaired) electrons. The predicted octanol–water partition coefficient (Wildman–Crippen LogP) is 3.45. The van der Waals surface area contributed by atoms with E-state index in [9.17, 15) is 20.1 Å². The van der Waals surface area contributed by atoms with Gasteiger partial charge in [-0.05, 0) is 97.7 Å². The van der Waals surface area contributed by atoms with Gasteiger partial charge in [-0.25, -0.2) is 0 Å². The number of carbonyl (C=O) groups is 1. The van der Waals surface area contributed by atoms with Gasteiger partial charge in [-0.15, -0.1) is 0 Å². The van der Waals surface area contributed by atoms with Gasteiger partial charge >= 0.3 is 5.97 Å². The van der Waals surface area contributed by atoms with E-state index in [1.165, 1.54) is 0 Å². The van der Waals surface area contributed by atoms with Crippen molar-refractivity contribution in [2.75, 3.05) is 0 Å². The van der Waals surface area contributed by atoms with E-state index in [4.69, 9.17) is 5.11 Å². The van der Waals surface area contributed by atoms with Crippen LogP contribution < -0.4 is 0 Å². The summed E-state index contributed by atoms with van der Waals surface area (Å²) in [4.78, 5) is 11.1. The van der Waals surface area contributed by atoms with Crippen molar-refractivity contribution in [2.45, 2.75) is 96.9 Å². The fourth-order valence-corrected chi connectivity index (χ4v) is 8.68. The molecule has 0 saturated heterocycles. The Morgan fingerprint density at radius 1 is 1.03 bits per heavy atom. The van der Waals surface area contributed by atoms with Gasteiger partial charge in [0.15, 0.2) is 0 Å². The fraction of sp³-hybridized carbons (Fsp3) is 0.958. The third-order valence-electron chi connectivity index (χ3n) is 10.3. The molecule has 0 aromatic carbocycles. The first-order valence-corrected chi connectivity index (χ1v) is 11.8. The topological polar surface area (TPSA) is 98.0 Å². The average Bonchev–Trinajstić information content (AvgIpc) is 3.01. The first kappa shape index (κ1) is 21.6. The van der Waals surface area contributed by atoms with Crippen LogP contribution in [0.5, 0.6) is 0 Å². The third kappa shape index (κ3) is 3.27. The standard InChI is InChI=1S/C24H40O5/c1-13(4-7-21(28)29)16-5-6-17-22-18(12-20(27)24(16,17)3)23(2)9-8-15(25)10-14(23)11-19(22)26/h13-20,22,25-27H,4-12H2,1-3H3,(H,28,29)/t13-,14+,15-,16?,17+,18?,19?,20-,22-,23?,24?/m1/s1. The summed E-state index contributed by atoms with van der Waals surface area (Å²) in [5, 5.41) is 42.0. The van der Waals surface area contributed by atoms with Crippen LogP contribution in [0, 0.1) is 46.3 Å². The van der Waals surface area contributed by atoms with Crippen LogP contribution >= 0.6 is 0 Å². The molecule has 4 rings (SSSR count). The van der Waals surface area contributed by atoms with Crippen molar-refractivity contribution in [3.8, 4) is 0 Å². The van der Waals surface area contributed by atoms with E-state index >= 15 is 0 Å². The molecule has 11 atom stereocenters. The molecule has 5 unspecified atom stereocenters. The Morgan fingerprint density at radius 2 is 1.76 bits per heavy atom. The molecule has 0 aromatic heterocycles. The Morgan fingerprint density at radius 3 is 2.45 bits per heavy atom. The highest BCUT2D eigenvalue weighted by atomic mass is 16.4. The summed E-state index contributed by atoms with van der Waals surface area (Å²) in [5.74, 6) is 0.997. The second kappa shape index (κ2) is 7.49. The molecule has 0 amide bonds. The monoisotopic (exact) mass is 408 g/mol. The average molecular weight is 409 g/mol. The molecular weight excluding hydrogens is 368 g/mol. The van der Waals surface area contributed by atoms with Crippen molar-refractivity contribution in [3.63, 3.8) is 0 Å². The summed E-state index contributed by atoms with van der Waals surface area (Å²) < 4.78 is 0. The second-order valence-electron chi connectivity index (χ2n) is 11.4. The van der Waals surface area contributed by atoms with Gasteiger partial charge in [0.2, 0.25) is 0 Å². The first-order valence-electron chi connectivity index (χ1n) is 11.8. The summed E-state index contributed by atoms with van der Waals surface area (Å²) in [6.07, 6.45) is 6.00. The zero-order valence-corrected chi connectivity index (χ0v) is 18.3. The molecule has 0 heterocycles. The van der Waals surface area contributed by atoms with Gasteiger partial charge in [0.25, 0.3) is 0 Å². The SMILES string of the molecule is C[C@H](CCC(=O)O)C1CC[C@H]2[C@H]3C(O)C[C@@H]4C[C@H](O)CCC4(C)C3C[C@@H](O)C12C. The number of fused-ring (bicyclic) bond motifs is 5. The minimum absolute atomic E-state index is 0.0957. The maximum absolute atomic E-state index is 11.5. The molecule has 5 nitrogen and oxygen atoms in total. The zero-order valence-electron chi connectivity index (χ0n) is 18.3. The molecule has 0 spiro atoms. The van der Waals surface area contributed by atoms with E-state index in [0.717, 1.165) is 44.9 Å². The summed E-state index contributed by atoms with van der Waals surface area (Å²) in [6, 6.07) is 0. The Kier molecular flexibility index (Phi) is 5.57. The summed E-state index contributed by atoms with van der Waals surface area (Å²) >= 11 is 0. The number of rotatable bonds is 4. The lowest BCUT2D eigenvalue weighted by Crippen LogP contribution is -2.62. The van der Waals surface area contributed by atoms with Crippen molar-refractivity contribution in [2.24, 2.45) is 46.3 Å². The van der Waals surface area contributed by atoms with Crippen molar-refractivity contribution in [1.29, 1.82) is 0 Å². The molecule has 4 saturated carbocycles. The molecule has 4 N–H and O–H groups in total. The second-order valence-corrected chi connectivity index (χ2v) is 11.4. The van der Waals surface area contributed by atoms with Gasteiger partial charge in [0, 0.05) is 6.42 Å². The maximum atomic E-state index is 11.5. The fourth-order valence-electron chi connectivity index (χ4n) is 8.68. The van der Waals surface area contributed by atoms with Crippen LogP contribution in [0.25, 0.3) is 0 Å². The van der Waals surface area contributed by atoms with Crippen LogP contribution in [-0.2, 0) is 4.79 Å². The molecule has 4 fully saturated rings. The van der Waals surface area contributed by atoms with Crippen LogP contribution in [0.4, 0.5) is 0 Å². The van der Waals surface area contributed by atoms with E-state index in [2.05, 4.69) is 20.8 Å². The third-order valence-corrected chi connectivity index (χ3v) is 10.3. The van der Waals surface area contributed by atoms with Crippen molar-refractivity contribution in [3.05, 3.63) is 0 Å². The molecular formula is C24H40O5. The minimum atomic E-state index is -0.748. The molecule has 0 aromatic rings. The quantitative estimate of drug-likeness (QED) is 0.571. The highest BCUT2D eigenvalue weighted by Crippen LogP contribution is 2.68. The van der Waals surface area contributed by atoms with Gasteiger partial charge in [0.05, 0.1) is 18.3 Å². The summed E-state index contributed by atoms with van der Waals surface area (Å²) in [6.45, 7) is 6.72. The Bertz CT molecular complexity index is 637. The molecule has 0 aliphatic heterocycles. The minimum Gasteiger partial charge on any atom is -0.481 e. The van der Waals surface area contributed by atoms with Gasteiger partial charge in [-0.2, -0.15) is 0 Å². The summed E-state index contributed by atoms with van der Waals surface area (Å²) in [7, 11) is 0. The molecule has 4 aliphatic carbocycles. The highest BCUT2D eigenvalue weighted by molar-refractivity contribution is 5.66. The van der Waals surface area contributed by atoms with E-state index in [1.54, 1.807) is 0 Å². The van der Waals surface area contributed by atoms with E-state index in [0.29, 0.717) is 30.1 Å². The lowest BCUT2D eigenvalue weighted by Gasteiger charge is -2.63. The lowest BCUT2D eigenvalue weighted by atomic mass is 9.43. The number of carboxylic acid groups (broad SMARTS) is 1. The summed E-state index contributed by atoms with van der Waals surface area (Å²) in [5.41, 5.74) is -0.143. The Labute approximate surface area is 174 Å². The van der Waals surface area contributed by atoms with Gasteiger partial charge in [0.1, 0.15) is 0 Å². The number of aliphatic hydroxyl groups excluding tert-OH is 3. The number of carboxylic acids is 1. The maximum Gasteiger partial charge on any atom is 0.303 e. The van der Waals surface area contributed by atoms with Crippen molar-refractivity contribution in [1.82, 2.24) is 0 Å². The highest BCUT2D eigenvalue weighted by Gasteiger charge is 2.65. The smallest absolute Gasteiger partial charge is 0.303 e. The molecule has 5 heteroatoms. The molecule has 29 heavy (non-hydrogen) atoms. The van der Waals surface area contributed by atoms with E-state index in [1.807, 2.05) is 0 Å². The Balaban J connectivity index is 1.61. The van der Waals surface area contributed by atoms with Crippen LogP contribution in [0.1, 0.15) is 78.6 Å². The normalized spacial score (nSPS) is 52.9. The zero-order chi connectivity index (χ0) is 21.1. The predicted molar refractivity (Wildman–Crippen MR) is 110 cm³/mol. The first-order chi connectivity index (χ1) is 13.6. The number of aliphatic carboxylic acids is 1. The molecule has 166 valence electrons. The molecule has 0 bridgehead atoms. The van der Waals surface area contributed by atoms with Gasteiger partial charge in [-0.3, -0.25) is 4.79 Å². The van der Waals surface area contributed by atoms with E-state index in [-0.39, 0.29) is 41.3 Å². The van der Waals surface area contributed by atoms with Crippen LogP contribution in [0.15, 0.2) is 0 Å². The number of hydrogen-bond donors (Lipinski definition) is 4.